The van der Waals surface area contributed by atoms with Crippen LogP contribution < -0.4 is 5.32 Å². The van der Waals surface area contributed by atoms with Crippen LogP contribution >= 0.6 is 0 Å². The van der Waals surface area contributed by atoms with Crippen LogP contribution in [0.3, 0.4) is 0 Å². The van der Waals surface area contributed by atoms with Crippen LogP contribution in [0, 0.1) is 11.8 Å². The highest BCUT2D eigenvalue weighted by atomic mass is 16.5. The van der Waals surface area contributed by atoms with Crippen molar-refractivity contribution < 1.29 is 24.2 Å². The van der Waals surface area contributed by atoms with Gasteiger partial charge in [-0.3, -0.25) is 9.59 Å². The first-order chi connectivity index (χ1) is 16.9. The Morgan fingerprint density at radius 1 is 1.03 bits per heavy atom. The molecule has 7 heteroatoms. The predicted molar refractivity (Wildman–Crippen MR) is 131 cm³/mol. The molecule has 5 rings (SSSR count). The van der Waals surface area contributed by atoms with Gasteiger partial charge in [0.1, 0.15) is 6.61 Å². The van der Waals surface area contributed by atoms with Crippen LogP contribution in [0.25, 0.3) is 11.1 Å². The molecule has 1 aliphatic heterocycles. The van der Waals surface area contributed by atoms with Crippen LogP contribution in [-0.4, -0.2) is 53.2 Å². The van der Waals surface area contributed by atoms with Gasteiger partial charge in [0.05, 0.1) is 5.92 Å². The number of hydrogen-bond acceptors (Lipinski definition) is 4. The summed E-state index contributed by atoms with van der Waals surface area (Å²) in [5.41, 5.74) is 4.65. The van der Waals surface area contributed by atoms with Crippen LogP contribution in [0.1, 0.15) is 56.1 Å². The molecule has 4 atom stereocenters. The van der Waals surface area contributed by atoms with Crippen molar-refractivity contribution in [2.45, 2.75) is 57.0 Å². The number of amides is 2. The maximum Gasteiger partial charge on any atom is 0.407 e. The summed E-state index contributed by atoms with van der Waals surface area (Å²) < 4.78 is 5.60. The molecule has 2 N–H and O–H groups in total. The van der Waals surface area contributed by atoms with E-state index >= 15 is 0 Å². The van der Waals surface area contributed by atoms with Crippen molar-refractivity contribution in [3.05, 3.63) is 59.7 Å². The van der Waals surface area contributed by atoms with E-state index in [2.05, 4.69) is 29.6 Å². The van der Waals surface area contributed by atoms with E-state index in [4.69, 9.17) is 4.74 Å². The second kappa shape index (κ2) is 9.72. The summed E-state index contributed by atoms with van der Waals surface area (Å²) in [6, 6.07) is 16.0. The van der Waals surface area contributed by atoms with Crippen molar-refractivity contribution in [2.75, 3.05) is 13.2 Å². The van der Waals surface area contributed by atoms with Crippen molar-refractivity contribution in [3.63, 3.8) is 0 Å². The smallest absolute Gasteiger partial charge is 0.407 e. The topological polar surface area (TPSA) is 95.9 Å². The number of alkyl carbamates (subject to hydrolysis) is 1. The lowest BCUT2D eigenvalue weighted by atomic mass is 9.78. The van der Waals surface area contributed by atoms with Gasteiger partial charge in [0, 0.05) is 31.0 Å². The zero-order valence-corrected chi connectivity index (χ0v) is 20.0. The summed E-state index contributed by atoms with van der Waals surface area (Å²) in [5.74, 6) is -0.802. The summed E-state index contributed by atoms with van der Waals surface area (Å²) >= 11 is 0. The van der Waals surface area contributed by atoms with E-state index in [1.54, 1.807) is 6.92 Å². The lowest BCUT2D eigenvalue weighted by molar-refractivity contribution is -0.145. The van der Waals surface area contributed by atoms with E-state index in [1.807, 2.05) is 29.2 Å². The number of carbonyl (C=O) groups excluding carboxylic acids is 2. The Labute approximate surface area is 205 Å². The normalized spacial score (nSPS) is 23.7. The first-order valence-electron chi connectivity index (χ1n) is 12.6. The van der Waals surface area contributed by atoms with Crippen LogP contribution in [0.5, 0.6) is 0 Å². The Kier molecular flexibility index (Phi) is 6.50. The Balaban J connectivity index is 1.14. The summed E-state index contributed by atoms with van der Waals surface area (Å²) in [5, 5.41) is 12.2. The average molecular weight is 477 g/mol. The Hall–Kier alpha value is -3.35. The molecule has 2 fully saturated rings. The highest BCUT2D eigenvalue weighted by Crippen LogP contribution is 2.44. The van der Waals surface area contributed by atoms with Gasteiger partial charge in [0.2, 0.25) is 5.91 Å². The number of aliphatic carboxylic acids is 1. The minimum Gasteiger partial charge on any atom is -0.481 e. The first kappa shape index (κ1) is 23.4. The third-order valence-corrected chi connectivity index (χ3v) is 7.96. The largest absolute Gasteiger partial charge is 0.481 e. The number of likely N-dealkylation sites (tertiary alicyclic amines) is 1. The molecular weight excluding hydrogens is 444 g/mol. The molecule has 1 heterocycles. The number of ether oxygens (including phenoxy) is 1. The number of carbonyl (C=O) groups is 3. The lowest BCUT2D eigenvalue weighted by Gasteiger charge is -2.35. The molecule has 184 valence electrons. The molecule has 35 heavy (non-hydrogen) atoms. The summed E-state index contributed by atoms with van der Waals surface area (Å²) in [6.07, 6.45) is 2.65. The van der Waals surface area contributed by atoms with Gasteiger partial charge in [-0.05, 0) is 60.8 Å². The molecular formula is C28H32N2O5. The Bertz CT molecular complexity index is 1090. The van der Waals surface area contributed by atoms with Gasteiger partial charge < -0.3 is 20.1 Å². The molecule has 3 unspecified atom stereocenters. The van der Waals surface area contributed by atoms with Gasteiger partial charge in [0.15, 0.2) is 0 Å². The van der Waals surface area contributed by atoms with Gasteiger partial charge in [-0.2, -0.15) is 0 Å². The fraction of sp³-hybridized carbons (Fsp3) is 0.464. The molecule has 2 aliphatic carbocycles. The van der Waals surface area contributed by atoms with Gasteiger partial charge in [-0.25, -0.2) is 4.79 Å². The standard InChI is InChI=1S/C28H32N2O5/c1-17(14-26(31)30-13-12-18-10-11-19(27(32)33)15-25(18)30)29-28(34)35-16-24-22-8-4-2-6-20(22)21-7-3-5-9-23(21)24/h2-9,17-19,24-25H,10-16H2,1H3,(H,29,34)(H,32,33)/t17-,18?,19?,25?/m1/s1. The number of hydrogen-bond donors (Lipinski definition) is 2. The van der Waals surface area contributed by atoms with Crippen LogP contribution in [0.2, 0.25) is 0 Å². The molecule has 7 nitrogen and oxygen atoms in total. The number of carboxylic acids is 1. The van der Waals surface area contributed by atoms with Crippen molar-refractivity contribution in [1.82, 2.24) is 10.2 Å². The van der Waals surface area contributed by atoms with E-state index in [0.29, 0.717) is 25.3 Å². The lowest BCUT2D eigenvalue weighted by Crippen LogP contribution is -2.45. The van der Waals surface area contributed by atoms with E-state index in [9.17, 15) is 19.5 Å². The third kappa shape index (κ3) is 4.64. The van der Waals surface area contributed by atoms with Crippen LogP contribution in [0.15, 0.2) is 48.5 Å². The molecule has 0 aromatic heterocycles. The number of nitrogens with one attached hydrogen (secondary N) is 1. The minimum absolute atomic E-state index is 0.000922. The summed E-state index contributed by atoms with van der Waals surface area (Å²) in [4.78, 5) is 38.8. The number of benzene rings is 2. The van der Waals surface area contributed by atoms with Crippen LogP contribution in [-0.2, 0) is 14.3 Å². The predicted octanol–water partition coefficient (Wildman–Crippen LogP) is 4.41. The molecule has 2 aromatic rings. The first-order valence-corrected chi connectivity index (χ1v) is 12.6. The Morgan fingerprint density at radius 2 is 1.69 bits per heavy atom. The van der Waals surface area contributed by atoms with Gasteiger partial charge >= 0.3 is 12.1 Å². The molecule has 0 spiro atoms. The second-order valence-corrected chi connectivity index (χ2v) is 10.1. The van der Waals surface area contributed by atoms with Gasteiger partial charge in [-0.1, -0.05) is 48.5 Å². The minimum atomic E-state index is -0.770. The van der Waals surface area contributed by atoms with E-state index in [0.717, 1.165) is 24.0 Å². The second-order valence-electron chi connectivity index (χ2n) is 10.1. The summed E-state index contributed by atoms with van der Waals surface area (Å²) in [6.45, 7) is 2.69. The van der Waals surface area contributed by atoms with Gasteiger partial charge in [0.25, 0.3) is 0 Å². The quantitative estimate of drug-likeness (QED) is 0.644. The molecule has 0 radical (unpaired) electrons. The third-order valence-electron chi connectivity index (χ3n) is 7.96. The zero-order chi connectivity index (χ0) is 24.5. The highest BCUT2D eigenvalue weighted by Gasteiger charge is 2.42. The molecule has 1 saturated heterocycles. The highest BCUT2D eigenvalue weighted by molar-refractivity contribution is 5.80. The zero-order valence-electron chi connectivity index (χ0n) is 20.0. The number of fused-ring (bicyclic) bond motifs is 4. The SMILES string of the molecule is C[C@H](CC(=O)N1CCC2CCC(C(=O)O)CC21)NC(=O)OCC1c2ccccc2-c2ccccc21. The molecule has 2 amide bonds. The molecule has 3 aliphatic rings. The molecule has 2 aromatic carbocycles. The fourth-order valence-corrected chi connectivity index (χ4v) is 6.20. The monoisotopic (exact) mass is 476 g/mol. The van der Waals surface area contributed by atoms with Crippen molar-refractivity contribution in [3.8, 4) is 11.1 Å². The van der Waals surface area contributed by atoms with Crippen LogP contribution in [0.4, 0.5) is 4.79 Å². The average Bonchev–Trinajstić information content (AvgIpc) is 3.41. The number of nitrogens with zero attached hydrogens (tertiary/aromatic N) is 1. The van der Waals surface area contributed by atoms with E-state index < -0.39 is 12.1 Å². The summed E-state index contributed by atoms with van der Waals surface area (Å²) in [7, 11) is 0. The maximum absolute atomic E-state index is 13.0. The van der Waals surface area contributed by atoms with E-state index in [1.165, 1.54) is 11.1 Å². The van der Waals surface area contributed by atoms with Crippen molar-refractivity contribution in [1.29, 1.82) is 0 Å². The molecule has 1 saturated carbocycles. The molecule has 0 bridgehead atoms. The van der Waals surface area contributed by atoms with Crippen molar-refractivity contribution in [2.24, 2.45) is 11.8 Å². The van der Waals surface area contributed by atoms with E-state index in [-0.39, 0.29) is 42.9 Å². The Morgan fingerprint density at radius 3 is 2.34 bits per heavy atom. The number of carboxylic acid groups (broad SMARTS) is 1. The van der Waals surface area contributed by atoms with Crippen molar-refractivity contribution >= 4 is 18.0 Å². The van der Waals surface area contributed by atoms with Gasteiger partial charge in [-0.15, -0.1) is 0 Å². The number of rotatable bonds is 6. The maximum atomic E-state index is 13.0. The fourth-order valence-electron chi connectivity index (χ4n) is 6.20.